The molecule has 0 aromatic heterocycles. The fraction of sp³-hybridized carbons (Fsp3) is 0.529. The van der Waals surface area contributed by atoms with Crippen LogP contribution in [-0.2, 0) is 14.3 Å². The maximum Gasteiger partial charge on any atom is 0.305 e. The van der Waals surface area contributed by atoms with Crippen molar-refractivity contribution in [3.8, 4) is 0 Å². The predicted octanol–water partition coefficient (Wildman–Crippen LogP) is 2.44. The molecule has 3 atom stereocenters. The van der Waals surface area contributed by atoms with Crippen molar-refractivity contribution in [3.63, 3.8) is 0 Å². The van der Waals surface area contributed by atoms with Crippen LogP contribution in [0.3, 0.4) is 0 Å². The second kappa shape index (κ2) is 7.40. The Kier molecular flexibility index (Phi) is 5.55. The number of aliphatic carboxylic acids is 1. The predicted molar refractivity (Wildman–Crippen MR) is 82.5 cm³/mol. The molecule has 5 heteroatoms. The van der Waals surface area contributed by atoms with Gasteiger partial charge in [0.25, 0.3) is 0 Å². The Balaban J connectivity index is 2.07. The van der Waals surface area contributed by atoms with Crippen LogP contribution in [0.25, 0.3) is 0 Å². The first-order chi connectivity index (χ1) is 10.5. The molecule has 3 unspecified atom stereocenters. The van der Waals surface area contributed by atoms with Gasteiger partial charge in [-0.2, -0.15) is 0 Å². The van der Waals surface area contributed by atoms with E-state index < -0.39 is 5.97 Å². The molecular weight excluding hydrogens is 282 g/mol. The van der Waals surface area contributed by atoms with Crippen LogP contribution in [0, 0.1) is 12.8 Å². The van der Waals surface area contributed by atoms with Gasteiger partial charge in [0, 0.05) is 12.6 Å². The molecule has 5 nitrogen and oxygen atoms in total. The molecule has 1 heterocycles. The summed E-state index contributed by atoms with van der Waals surface area (Å²) in [4.78, 5) is 23.2. The van der Waals surface area contributed by atoms with E-state index in [1.54, 1.807) is 6.92 Å². The lowest BCUT2D eigenvalue weighted by atomic mass is 9.88. The highest BCUT2D eigenvalue weighted by Gasteiger charge is 2.33. The number of ether oxygens (including phenoxy) is 1. The van der Waals surface area contributed by atoms with Gasteiger partial charge in [-0.15, -0.1) is 0 Å². The van der Waals surface area contributed by atoms with Crippen molar-refractivity contribution in [2.45, 2.75) is 45.3 Å². The van der Waals surface area contributed by atoms with Crippen LogP contribution in [0.4, 0.5) is 0 Å². The van der Waals surface area contributed by atoms with E-state index in [0.717, 1.165) is 24.0 Å². The standard InChI is InChI=1S/C17H23NO4/c1-11-5-7-13(8-6-11)16-14(4-3-9-22-16)17(21)18-12(2)10-15(19)20/h5-8,12,14,16H,3-4,9-10H2,1-2H3,(H,18,21)(H,19,20). The zero-order valence-corrected chi connectivity index (χ0v) is 13.0. The largest absolute Gasteiger partial charge is 0.481 e. The third-order valence-electron chi connectivity index (χ3n) is 3.93. The van der Waals surface area contributed by atoms with Gasteiger partial charge in [0.15, 0.2) is 0 Å². The average Bonchev–Trinajstić information content (AvgIpc) is 2.47. The highest BCUT2D eigenvalue weighted by Crippen LogP contribution is 2.34. The van der Waals surface area contributed by atoms with E-state index in [9.17, 15) is 9.59 Å². The van der Waals surface area contributed by atoms with Crippen LogP contribution in [0.15, 0.2) is 24.3 Å². The summed E-state index contributed by atoms with van der Waals surface area (Å²) in [5, 5.41) is 11.6. The minimum Gasteiger partial charge on any atom is -0.481 e. The Labute approximate surface area is 130 Å². The molecule has 1 saturated heterocycles. The number of benzene rings is 1. The number of carbonyl (C=O) groups is 2. The highest BCUT2D eigenvalue weighted by atomic mass is 16.5. The van der Waals surface area contributed by atoms with E-state index >= 15 is 0 Å². The van der Waals surface area contributed by atoms with Crippen molar-refractivity contribution in [2.75, 3.05) is 6.61 Å². The lowest BCUT2D eigenvalue weighted by molar-refractivity contribution is -0.138. The highest BCUT2D eigenvalue weighted by molar-refractivity contribution is 5.80. The average molecular weight is 305 g/mol. The Morgan fingerprint density at radius 2 is 2.05 bits per heavy atom. The van der Waals surface area contributed by atoms with Crippen molar-refractivity contribution >= 4 is 11.9 Å². The van der Waals surface area contributed by atoms with Crippen molar-refractivity contribution in [3.05, 3.63) is 35.4 Å². The number of carboxylic acids is 1. The maximum absolute atomic E-state index is 12.5. The zero-order valence-electron chi connectivity index (χ0n) is 13.0. The van der Waals surface area contributed by atoms with Crippen LogP contribution in [0.1, 0.15) is 43.4 Å². The fourth-order valence-electron chi connectivity index (χ4n) is 2.80. The maximum atomic E-state index is 12.5. The number of carboxylic acid groups (broad SMARTS) is 1. The van der Waals surface area contributed by atoms with Gasteiger partial charge in [-0.1, -0.05) is 29.8 Å². The second-order valence-corrected chi connectivity index (χ2v) is 5.96. The summed E-state index contributed by atoms with van der Waals surface area (Å²) >= 11 is 0. The van der Waals surface area contributed by atoms with Crippen molar-refractivity contribution in [1.29, 1.82) is 0 Å². The third kappa shape index (κ3) is 4.31. The molecule has 1 aromatic rings. The molecule has 0 aliphatic carbocycles. The monoisotopic (exact) mass is 305 g/mol. The molecule has 120 valence electrons. The van der Waals surface area contributed by atoms with Crippen LogP contribution in [-0.4, -0.2) is 29.6 Å². The number of rotatable bonds is 5. The molecule has 1 fully saturated rings. The topological polar surface area (TPSA) is 75.6 Å². The summed E-state index contributed by atoms with van der Waals surface area (Å²) in [7, 11) is 0. The van der Waals surface area contributed by atoms with E-state index in [2.05, 4.69) is 5.32 Å². The molecular formula is C17H23NO4. The van der Waals surface area contributed by atoms with Crippen LogP contribution in [0.5, 0.6) is 0 Å². The van der Waals surface area contributed by atoms with Crippen molar-refractivity contribution < 1.29 is 19.4 Å². The SMILES string of the molecule is Cc1ccc(C2OCCCC2C(=O)NC(C)CC(=O)O)cc1. The summed E-state index contributed by atoms with van der Waals surface area (Å²) in [6, 6.07) is 7.62. The van der Waals surface area contributed by atoms with Crippen molar-refractivity contribution in [2.24, 2.45) is 5.92 Å². The first kappa shape index (κ1) is 16.5. The summed E-state index contributed by atoms with van der Waals surface area (Å²) in [6.45, 7) is 4.37. The number of aryl methyl sites for hydroxylation is 1. The molecule has 1 aliphatic heterocycles. The van der Waals surface area contributed by atoms with E-state index in [4.69, 9.17) is 9.84 Å². The van der Waals surface area contributed by atoms with Gasteiger partial charge in [0.2, 0.25) is 5.91 Å². The van der Waals surface area contributed by atoms with E-state index in [1.807, 2.05) is 31.2 Å². The van der Waals surface area contributed by atoms with Gasteiger partial charge < -0.3 is 15.2 Å². The summed E-state index contributed by atoms with van der Waals surface area (Å²) < 4.78 is 5.82. The Bertz CT molecular complexity index is 526. The molecule has 2 rings (SSSR count). The molecule has 2 N–H and O–H groups in total. The van der Waals surface area contributed by atoms with E-state index in [1.165, 1.54) is 0 Å². The van der Waals surface area contributed by atoms with Crippen molar-refractivity contribution in [1.82, 2.24) is 5.32 Å². The number of hydrogen-bond donors (Lipinski definition) is 2. The number of amides is 1. The normalized spacial score (nSPS) is 22.8. The summed E-state index contributed by atoms with van der Waals surface area (Å²) in [5.74, 6) is -1.31. The number of hydrogen-bond acceptors (Lipinski definition) is 3. The molecule has 1 amide bonds. The van der Waals surface area contributed by atoms with Crippen LogP contribution < -0.4 is 5.32 Å². The lowest BCUT2D eigenvalue weighted by Gasteiger charge is -2.32. The quantitative estimate of drug-likeness (QED) is 0.876. The smallest absolute Gasteiger partial charge is 0.305 e. The van der Waals surface area contributed by atoms with Gasteiger partial charge in [0.1, 0.15) is 0 Å². The van der Waals surface area contributed by atoms with Crippen LogP contribution >= 0.6 is 0 Å². The lowest BCUT2D eigenvalue weighted by Crippen LogP contribution is -2.42. The van der Waals surface area contributed by atoms with Gasteiger partial charge in [-0.3, -0.25) is 9.59 Å². The number of carbonyl (C=O) groups excluding carboxylic acids is 1. The molecule has 1 aliphatic rings. The summed E-state index contributed by atoms with van der Waals surface area (Å²) in [5.41, 5.74) is 2.16. The molecule has 1 aromatic carbocycles. The second-order valence-electron chi connectivity index (χ2n) is 5.96. The van der Waals surface area contributed by atoms with E-state index in [0.29, 0.717) is 6.61 Å². The Morgan fingerprint density at radius 1 is 1.36 bits per heavy atom. The molecule has 0 radical (unpaired) electrons. The first-order valence-electron chi connectivity index (χ1n) is 7.67. The third-order valence-corrected chi connectivity index (χ3v) is 3.93. The zero-order chi connectivity index (χ0) is 16.1. The van der Waals surface area contributed by atoms with Gasteiger partial charge >= 0.3 is 5.97 Å². The van der Waals surface area contributed by atoms with Crippen LogP contribution in [0.2, 0.25) is 0 Å². The molecule has 0 saturated carbocycles. The molecule has 22 heavy (non-hydrogen) atoms. The molecule has 0 spiro atoms. The summed E-state index contributed by atoms with van der Waals surface area (Å²) in [6.07, 6.45) is 1.26. The Hall–Kier alpha value is -1.88. The van der Waals surface area contributed by atoms with E-state index in [-0.39, 0.29) is 30.4 Å². The first-order valence-corrected chi connectivity index (χ1v) is 7.67. The minimum atomic E-state index is -0.914. The van der Waals surface area contributed by atoms with Gasteiger partial charge in [0.05, 0.1) is 18.4 Å². The number of nitrogens with one attached hydrogen (secondary N) is 1. The van der Waals surface area contributed by atoms with Gasteiger partial charge in [-0.25, -0.2) is 0 Å². The molecule has 0 bridgehead atoms. The van der Waals surface area contributed by atoms with Gasteiger partial charge in [-0.05, 0) is 32.3 Å². The minimum absolute atomic E-state index is 0.0749. The Morgan fingerprint density at radius 3 is 2.68 bits per heavy atom. The fourth-order valence-corrected chi connectivity index (χ4v) is 2.80.